The Morgan fingerprint density at radius 1 is 0.651 bits per heavy atom. The summed E-state index contributed by atoms with van der Waals surface area (Å²) in [5, 5.41) is 95.7. The van der Waals surface area contributed by atoms with E-state index in [9.17, 15) is 50.8 Å². The molecule has 9 aliphatic rings. The zero-order valence-electron chi connectivity index (χ0n) is 37.0. The fraction of sp³-hybridized carbons (Fsp3) is 0.978. The monoisotopic (exact) mass is 900 g/mol. The van der Waals surface area contributed by atoms with Crippen molar-refractivity contribution in [3.05, 3.63) is 0 Å². The summed E-state index contributed by atoms with van der Waals surface area (Å²) >= 11 is 0. The molecule has 360 valence electrons. The maximum Gasteiger partial charge on any atom is 0.187 e. The van der Waals surface area contributed by atoms with Crippen LogP contribution >= 0.6 is 0 Å². The summed E-state index contributed by atoms with van der Waals surface area (Å²) in [4.78, 5) is 14.5. The van der Waals surface area contributed by atoms with Crippen LogP contribution in [0, 0.1) is 52.3 Å². The fourth-order valence-corrected chi connectivity index (χ4v) is 14.4. The van der Waals surface area contributed by atoms with Crippen molar-refractivity contribution >= 4 is 5.78 Å². The van der Waals surface area contributed by atoms with Crippen LogP contribution in [0.2, 0.25) is 0 Å². The van der Waals surface area contributed by atoms with Crippen molar-refractivity contribution in [1.29, 1.82) is 0 Å². The predicted molar refractivity (Wildman–Crippen MR) is 215 cm³/mol. The van der Waals surface area contributed by atoms with E-state index in [4.69, 9.17) is 37.9 Å². The van der Waals surface area contributed by atoms with E-state index in [0.717, 1.165) is 38.7 Å². The molecule has 0 bridgehead atoms. The molecule has 1 spiro atoms. The number of rotatable bonds is 8. The lowest BCUT2D eigenvalue weighted by Gasteiger charge is -2.60. The maximum absolute atomic E-state index is 14.5. The zero-order chi connectivity index (χ0) is 45.1. The lowest BCUT2D eigenvalue weighted by Crippen LogP contribution is -2.67. The lowest BCUT2D eigenvalue weighted by molar-refractivity contribution is -0.390. The Labute approximate surface area is 368 Å². The summed E-state index contributed by atoms with van der Waals surface area (Å²) in [6, 6.07) is 0. The van der Waals surface area contributed by atoms with Gasteiger partial charge in [-0.05, 0) is 92.3 Å². The lowest BCUT2D eigenvalue weighted by atomic mass is 9.44. The molecular weight excluding hydrogens is 828 g/mol. The van der Waals surface area contributed by atoms with Crippen molar-refractivity contribution in [2.24, 2.45) is 52.3 Å². The number of ketones is 1. The first-order valence-corrected chi connectivity index (χ1v) is 23.6. The van der Waals surface area contributed by atoms with Crippen molar-refractivity contribution < 1.29 is 88.6 Å². The van der Waals surface area contributed by atoms with E-state index in [-0.39, 0.29) is 40.5 Å². The number of hydrogen-bond donors (Lipinski definition) is 9. The van der Waals surface area contributed by atoms with E-state index in [0.29, 0.717) is 49.4 Å². The quantitative estimate of drug-likeness (QED) is 0.139. The highest BCUT2D eigenvalue weighted by Crippen LogP contribution is 2.71. The molecule has 0 aromatic heterocycles. The Balaban J connectivity index is 0.916. The van der Waals surface area contributed by atoms with Gasteiger partial charge in [-0.1, -0.05) is 27.7 Å². The smallest absolute Gasteiger partial charge is 0.187 e. The summed E-state index contributed by atoms with van der Waals surface area (Å²) in [7, 11) is 0. The number of Topliss-reactive ketones (excluding diaryl/α,β-unsaturated/α-hetero) is 1. The third-order valence-electron chi connectivity index (χ3n) is 18.0. The zero-order valence-corrected chi connectivity index (χ0v) is 37.0. The second-order valence-corrected chi connectivity index (χ2v) is 21.5. The average molecular weight is 901 g/mol. The van der Waals surface area contributed by atoms with Gasteiger partial charge in [-0.25, -0.2) is 0 Å². The highest BCUT2D eigenvalue weighted by Gasteiger charge is 2.70. The number of aliphatic hydroxyl groups is 9. The van der Waals surface area contributed by atoms with Gasteiger partial charge >= 0.3 is 0 Å². The number of carbonyl (C=O) groups is 1. The van der Waals surface area contributed by atoms with Crippen LogP contribution in [0.25, 0.3) is 0 Å². The Hall–Kier alpha value is -1.01. The molecule has 5 heterocycles. The van der Waals surface area contributed by atoms with Crippen LogP contribution in [0.5, 0.6) is 0 Å². The molecule has 0 unspecified atom stereocenters. The van der Waals surface area contributed by atoms with Crippen LogP contribution in [-0.2, 0) is 42.7 Å². The van der Waals surface area contributed by atoms with E-state index in [1.807, 2.05) is 0 Å². The summed E-state index contributed by atoms with van der Waals surface area (Å²) in [6.45, 7) is 10.00. The van der Waals surface area contributed by atoms with Crippen molar-refractivity contribution in [2.45, 2.75) is 203 Å². The maximum atomic E-state index is 14.5. The SMILES string of the molecule is C[C@@H]1CC[C@@]2(OC1)O[C@H]1C[C@H]3[C@@H]4CC(=O)[C@H]5C[C@@H](O[C@@H]6O[C@H](CO)[C@@H](O[C@@H]7O[C@H](CO)[C@@H](O)[C@H](O)[C@H]7O)[C@H](O)[C@H]6O[C@@H]6O[C@@H](C)[C@H](O)[C@@H](O)[C@H]6O)CC[C@]5(C)[C@H]4CC[C@]3(C)[C@H]1[C@@H]2C. The summed E-state index contributed by atoms with van der Waals surface area (Å²) in [6.07, 6.45) is -16.8. The highest BCUT2D eigenvalue weighted by atomic mass is 16.8. The first-order valence-electron chi connectivity index (χ1n) is 23.6. The molecule has 5 saturated heterocycles. The molecule has 18 nitrogen and oxygen atoms in total. The van der Waals surface area contributed by atoms with Crippen molar-refractivity contribution in [1.82, 2.24) is 0 Å². The minimum absolute atomic E-state index is 0.0499. The van der Waals surface area contributed by atoms with Crippen LogP contribution in [0.4, 0.5) is 0 Å². The minimum Gasteiger partial charge on any atom is -0.394 e. The van der Waals surface area contributed by atoms with Crippen LogP contribution in [-0.4, -0.2) is 182 Å². The van der Waals surface area contributed by atoms with Gasteiger partial charge in [-0.2, -0.15) is 0 Å². The van der Waals surface area contributed by atoms with Gasteiger partial charge in [0.15, 0.2) is 24.7 Å². The topological polar surface area (TPSA) is 273 Å². The molecule has 0 aromatic rings. The molecular formula is C45H72O18. The molecule has 4 saturated carbocycles. The van der Waals surface area contributed by atoms with Crippen molar-refractivity contribution in [2.75, 3.05) is 19.8 Å². The Morgan fingerprint density at radius 2 is 1.30 bits per heavy atom. The third-order valence-corrected chi connectivity index (χ3v) is 18.0. The van der Waals surface area contributed by atoms with E-state index >= 15 is 0 Å². The molecule has 9 fully saturated rings. The molecule has 0 radical (unpaired) electrons. The number of hydrogen-bond acceptors (Lipinski definition) is 18. The highest BCUT2D eigenvalue weighted by molar-refractivity contribution is 5.83. The summed E-state index contributed by atoms with van der Waals surface area (Å²) < 4.78 is 49.7. The van der Waals surface area contributed by atoms with Crippen LogP contribution in [0.15, 0.2) is 0 Å². The number of ether oxygens (including phenoxy) is 8. The summed E-state index contributed by atoms with van der Waals surface area (Å²) in [5.41, 5.74) is -0.225. The number of carbonyl (C=O) groups excluding carboxylic acids is 1. The van der Waals surface area contributed by atoms with Crippen molar-refractivity contribution in [3.63, 3.8) is 0 Å². The molecule has 63 heavy (non-hydrogen) atoms. The van der Waals surface area contributed by atoms with Gasteiger partial charge < -0.3 is 83.9 Å². The summed E-state index contributed by atoms with van der Waals surface area (Å²) in [5.74, 6) is 1.54. The van der Waals surface area contributed by atoms with Crippen LogP contribution in [0.1, 0.15) is 92.4 Å². The molecule has 0 amide bonds. The van der Waals surface area contributed by atoms with E-state index in [1.54, 1.807) is 0 Å². The van der Waals surface area contributed by atoms with Crippen LogP contribution in [0.3, 0.4) is 0 Å². The predicted octanol–water partition coefficient (Wildman–Crippen LogP) is -0.527. The van der Waals surface area contributed by atoms with E-state index in [1.165, 1.54) is 6.92 Å². The first kappa shape index (κ1) is 47.1. The molecule has 9 rings (SSSR count). The van der Waals surface area contributed by atoms with E-state index in [2.05, 4.69) is 27.7 Å². The average Bonchev–Trinajstić information content (AvgIpc) is 3.71. The van der Waals surface area contributed by atoms with Gasteiger partial charge in [0.25, 0.3) is 0 Å². The number of fused-ring (bicyclic) bond motifs is 7. The second-order valence-electron chi connectivity index (χ2n) is 21.5. The Bertz CT molecular complexity index is 1630. The second kappa shape index (κ2) is 17.5. The minimum atomic E-state index is -1.84. The molecule has 9 N–H and O–H groups in total. The van der Waals surface area contributed by atoms with Gasteiger partial charge in [0.2, 0.25) is 0 Å². The fourth-order valence-electron chi connectivity index (χ4n) is 14.4. The standard InChI is InChI=1S/C45H72O18/c1-18-6-11-45(56-17-18)19(2)30-27(63-45)14-24-22-13-26(48)25-12-21(7-9-43(25,4)23(22)8-10-44(24,30)5)58-42-39(62-40-35(53)33(51)31(49)20(3)57-40)37(55)38(29(16-47)60-42)61-41-36(54)34(52)32(50)28(15-46)59-41/h18-25,27-42,46-47,49-55H,6-17H2,1-5H3/t18-,19+,20+,21+,22-,23+,24+,25-,27+,28-,29-,30+,31+,32-,33-,34+,35-,36-,37+,38-,39-,40+,41+,42-,43-,44+,45-/m1/s1. The molecule has 4 aliphatic carbocycles. The van der Waals surface area contributed by atoms with Gasteiger partial charge in [-0.15, -0.1) is 0 Å². The molecule has 5 aliphatic heterocycles. The normalized spacial score (nSPS) is 58.2. The molecule has 18 heteroatoms. The first-order chi connectivity index (χ1) is 29.8. The van der Waals surface area contributed by atoms with Crippen molar-refractivity contribution in [3.8, 4) is 0 Å². The molecule has 0 aromatic carbocycles. The molecule has 27 atom stereocenters. The Morgan fingerprint density at radius 3 is 1.98 bits per heavy atom. The third kappa shape index (κ3) is 7.70. The number of aliphatic hydroxyl groups excluding tert-OH is 9. The largest absolute Gasteiger partial charge is 0.394 e. The van der Waals surface area contributed by atoms with Gasteiger partial charge in [0.1, 0.15) is 72.9 Å². The Kier molecular flexibility index (Phi) is 13.1. The van der Waals surface area contributed by atoms with Gasteiger partial charge in [-0.3, -0.25) is 4.79 Å². The van der Waals surface area contributed by atoms with Crippen LogP contribution < -0.4 is 0 Å². The van der Waals surface area contributed by atoms with E-state index < -0.39 is 117 Å². The van der Waals surface area contributed by atoms with Gasteiger partial charge in [0, 0.05) is 24.7 Å². The van der Waals surface area contributed by atoms with Gasteiger partial charge in [0.05, 0.1) is 38.1 Å².